The maximum atomic E-state index is 13.5. The monoisotopic (exact) mass is 386 g/mol. The van der Waals surface area contributed by atoms with Crippen molar-refractivity contribution < 1.29 is 18.1 Å². The Kier molecular flexibility index (Phi) is 7.05. The van der Waals surface area contributed by atoms with E-state index in [-0.39, 0.29) is 36.7 Å². The summed E-state index contributed by atoms with van der Waals surface area (Å²) in [6.45, 7) is 3.06. The van der Waals surface area contributed by atoms with Crippen LogP contribution in [0, 0.1) is 18.6 Å². The van der Waals surface area contributed by atoms with E-state index in [2.05, 4.69) is 20.8 Å². The number of nitrogens with zero attached hydrogens (tertiary/aromatic N) is 2. The van der Waals surface area contributed by atoms with E-state index in [0.29, 0.717) is 30.2 Å². The number of hydrogen-bond acceptors (Lipinski definition) is 5. The summed E-state index contributed by atoms with van der Waals surface area (Å²) >= 11 is 0. The van der Waals surface area contributed by atoms with Crippen molar-refractivity contribution in [3.8, 4) is 0 Å². The van der Waals surface area contributed by atoms with Crippen LogP contribution in [-0.2, 0) is 11.2 Å². The van der Waals surface area contributed by atoms with Crippen LogP contribution in [-0.4, -0.2) is 35.2 Å². The third-order valence-electron chi connectivity index (χ3n) is 4.34. The second kappa shape index (κ2) is 9.05. The predicted octanol–water partition coefficient (Wildman–Crippen LogP) is 2.27. The van der Waals surface area contributed by atoms with Crippen LogP contribution in [0.2, 0.25) is 0 Å². The molecule has 2 atom stereocenters. The maximum absolute atomic E-state index is 13.5. The van der Waals surface area contributed by atoms with Gasteiger partial charge in [0, 0.05) is 31.3 Å². The summed E-state index contributed by atoms with van der Waals surface area (Å²) in [5.74, 6) is -0.985. The first kappa shape index (κ1) is 20.3. The molecule has 0 saturated carbocycles. The molecule has 1 aromatic carbocycles. The van der Waals surface area contributed by atoms with Gasteiger partial charge in [0.25, 0.3) is 0 Å². The summed E-state index contributed by atoms with van der Waals surface area (Å²) in [5, 5.41) is 9.87. The number of carbonyl (C=O) groups excluding carboxylic acids is 1. The Morgan fingerprint density at radius 2 is 2.19 bits per heavy atom. The molecule has 6 nitrogen and oxygen atoms in total. The van der Waals surface area contributed by atoms with Crippen molar-refractivity contribution in [2.24, 2.45) is 0 Å². The fourth-order valence-corrected chi connectivity index (χ4v) is 3.09. The molecule has 1 aromatic heterocycles. The van der Waals surface area contributed by atoms with E-state index in [1.165, 1.54) is 6.07 Å². The van der Waals surface area contributed by atoms with Crippen molar-refractivity contribution in [3.63, 3.8) is 0 Å². The van der Waals surface area contributed by atoms with Crippen molar-refractivity contribution in [2.75, 3.05) is 13.1 Å². The molecule has 0 bridgehead atoms. The fourth-order valence-electron chi connectivity index (χ4n) is 3.09. The summed E-state index contributed by atoms with van der Waals surface area (Å²) in [4.78, 5) is 16.3. The molecule has 2 unspecified atom stereocenters. The van der Waals surface area contributed by atoms with Gasteiger partial charge in [0.05, 0.1) is 0 Å². The molecule has 26 heavy (non-hydrogen) atoms. The lowest BCUT2D eigenvalue weighted by Crippen LogP contribution is -2.50. The third kappa shape index (κ3) is 4.98. The number of carbonyl (C=O) groups is 1. The highest BCUT2D eigenvalue weighted by Crippen LogP contribution is 2.27. The summed E-state index contributed by atoms with van der Waals surface area (Å²) < 4.78 is 31.7. The zero-order valence-electron chi connectivity index (χ0n) is 14.3. The molecule has 3 rings (SSSR count). The Labute approximate surface area is 156 Å². The lowest BCUT2D eigenvalue weighted by Gasteiger charge is -2.33. The van der Waals surface area contributed by atoms with Crippen molar-refractivity contribution in [2.45, 2.75) is 38.1 Å². The zero-order valence-corrected chi connectivity index (χ0v) is 15.1. The van der Waals surface area contributed by atoms with Crippen LogP contribution in [0.5, 0.6) is 0 Å². The molecule has 1 amide bonds. The van der Waals surface area contributed by atoms with Gasteiger partial charge in [-0.15, -0.1) is 12.4 Å². The quantitative estimate of drug-likeness (QED) is 0.824. The number of nitrogens with one attached hydrogen (secondary N) is 2. The van der Waals surface area contributed by atoms with Crippen molar-refractivity contribution in [3.05, 3.63) is 47.1 Å². The van der Waals surface area contributed by atoms with E-state index >= 15 is 0 Å². The van der Waals surface area contributed by atoms with Crippen LogP contribution in [0.25, 0.3) is 0 Å². The Morgan fingerprint density at radius 3 is 2.88 bits per heavy atom. The van der Waals surface area contributed by atoms with Crippen LogP contribution in [0.4, 0.5) is 8.78 Å². The molecule has 1 saturated heterocycles. The Bertz CT molecular complexity index is 756. The average Bonchev–Trinajstić information content (AvgIpc) is 3.02. The van der Waals surface area contributed by atoms with Gasteiger partial charge in [-0.2, -0.15) is 4.98 Å². The van der Waals surface area contributed by atoms with Gasteiger partial charge in [-0.1, -0.05) is 11.2 Å². The van der Waals surface area contributed by atoms with E-state index in [0.717, 1.165) is 19.0 Å². The molecular formula is C17H21ClF2N4O2. The molecule has 2 aromatic rings. The first-order valence-corrected chi connectivity index (χ1v) is 8.27. The molecule has 2 heterocycles. The Balaban J connectivity index is 0.00000243. The lowest BCUT2D eigenvalue weighted by atomic mass is 9.86. The van der Waals surface area contributed by atoms with E-state index in [9.17, 15) is 13.6 Å². The van der Waals surface area contributed by atoms with Gasteiger partial charge in [0.2, 0.25) is 11.8 Å². The van der Waals surface area contributed by atoms with Gasteiger partial charge in [-0.3, -0.25) is 4.79 Å². The molecule has 9 heteroatoms. The van der Waals surface area contributed by atoms with Gasteiger partial charge >= 0.3 is 0 Å². The summed E-state index contributed by atoms with van der Waals surface area (Å²) in [6, 6.07) is 3.74. The number of halogens is 3. The molecule has 1 fully saturated rings. The molecule has 0 spiro atoms. The third-order valence-corrected chi connectivity index (χ3v) is 4.34. The molecule has 2 N–H and O–H groups in total. The minimum atomic E-state index is -0.868. The van der Waals surface area contributed by atoms with Gasteiger partial charge in [-0.05, 0) is 37.6 Å². The number of hydrogen-bond donors (Lipinski definition) is 2. The van der Waals surface area contributed by atoms with Crippen LogP contribution in [0.3, 0.4) is 0 Å². The van der Waals surface area contributed by atoms with Crippen LogP contribution in [0.15, 0.2) is 22.7 Å². The Hall–Kier alpha value is -2.06. The van der Waals surface area contributed by atoms with E-state index in [4.69, 9.17) is 4.52 Å². The highest BCUT2D eigenvalue weighted by Gasteiger charge is 2.28. The van der Waals surface area contributed by atoms with Crippen LogP contribution >= 0.6 is 12.4 Å². The molecular weight excluding hydrogens is 366 g/mol. The number of rotatable bonds is 5. The number of amides is 1. The first-order chi connectivity index (χ1) is 12.0. The summed E-state index contributed by atoms with van der Waals surface area (Å²) in [6.07, 6.45) is 1.32. The molecule has 0 radical (unpaired) electrons. The zero-order chi connectivity index (χ0) is 17.8. The molecule has 142 valence electrons. The minimum Gasteiger partial charge on any atom is -0.351 e. The Morgan fingerprint density at radius 1 is 1.38 bits per heavy atom. The SMILES string of the molecule is Cc1noc(CCC(=O)NC2CNCCC2c2ccc(F)c(F)c2)n1.Cl. The largest absolute Gasteiger partial charge is 0.351 e. The summed E-state index contributed by atoms with van der Waals surface area (Å²) in [5.41, 5.74) is 0.693. The van der Waals surface area contributed by atoms with E-state index in [1.807, 2.05) is 0 Å². The number of aryl methyl sites for hydroxylation is 2. The van der Waals surface area contributed by atoms with E-state index in [1.54, 1.807) is 13.0 Å². The molecule has 1 aliphatic rings. The van der Waals surface area contributed by atoms with Gasteiger partial charge in [0.1, 0.15) is 0 Å². The molecule has 0 aliphatic carbocycles. The lowest BCUT2D eigenvalue weighted by molar-refractivity contribution is -0.122. The second-order valence-corrected chi connectivity index (χ2v) is 6.18. The number of aromatic nitrogens is 2. The number of benzene rings is 1. The van der Waals surface area contributed by atoms with Crippen molar-refractivity contribution >= 4 is 18.3 Å². The predicted molar refractivity (Wildman–Crippen MR) is 93.1 cm³/mol. The topological polar surface area (TPSA) is 80.0 Å². The maximum Gasteiger partial charge on any atom is 0.227 e. The van der Waals surface area contributed by atoms with Gasteiger partial charge in [0.15, 0.2) is 17.5 Å². The van der Waals surface area contributed by atoms with Crippen LogP contribution < -0.4 is 10.6 Å². The average molecular weight is 387 g/mol. The number of piperidine rings is 1. The highest BCUT2D eigenvalue weighted by atomic mass is 35.5. The highest BCUT2D eigenvalue weighted by molar-refractivity contribution is 5.85. The normalized spacial score (nSPS) is 19.7. The van der Waals surface area contributed by atoms with E-state index < -0.39 is 11.6 Å². The van der Waals surface area contributed by atoms with Crippen molar-refractivity contribution in [1.29, 1.82) is 0 Å². The van der Waals surface area contributed by atoms with Crippen LogP contribution in [0.1, 0.15) is 36.0 Å². The summed E-state index contributed by atoms with van der Waals surface area (Å²) in [7, 11) is 0. The minimum absolute atomic E-state index is 0. The molecule has 1 aliphatic heterocycles. The fraction of sp³-hybridized carbons (Fsp3) is 0.471. The van der Waals surface area contributed by atoms with Gasteiger partial charge < -0.3 is 15.2 Å². The standard InChI is InChI=1S/C17H20F2N4O2.ClH/c1-10-21-17(25-23-10)5-4-16(24)22-15-9-20-7-6-12(15)11-2-3-13(18)14(19)8-11;/h2-3,8,12,15,20H,4-7,9H2,1H3,(H,22,24);1H. The second-order valence-electron chi connectivity index (χ2n) is 6.18. The smallest absolute Gasteiger partial charge is 0.227 e. The van der Waals surface area contributed by atoms with Crippen molar-refractivity contribution in [1.82, 2.24) is 20.8 Å². The first-order valence-electron chi connectivity index (χ1n) is 8.27. The van der Waals surface area contributed by atoms with Gasteiger partial charge in [-0.25, -0.2) is 8.78 Å².